The fraction of sp³-hybridized carbons (Fsp3) is 0.333. The van der Waals surface area contributed by atoms with Crippen molar-refractivity contribution in [2.75, 3.05) is 0 Å². The monoisotopic (exact) mass is 288 g/mol. The second-order valence-electron chi connectivity index (χ2n) is 4.86. The molecule has 1 saturated carbocycles. The van der Waals surface area contributed by atoms with Crippen LogP contribution in [0.4, 0.5) is 4.39 Å². The van der Waals surface area contributed by atoms with Crippen molar-refractivity contribution in [1.82, 2.24) is 4.57 Å². The number of hydrogen-bond acceptors (Lipinski definition) is 2. The average molecular weight is 288 g/mol. The summed E-state index contributed by atoms with van der Waals surface area (Å²) in [5.74, 6) is 2.21. The second kappa shape index (κ2) is 5.22. The van der Waals surface area contributed by atoms with Gasteiger partial charge in [0.2, 0.25) is 0 Å². The first kappa shape index (κ1) is 13.1. The van der Waals surface area contributed by atoms with E-state index in [1.54, 1.807) is 10.6 Å². The molecule has 1 aliphatic carbocycles. The molecule has 0 unspecified atom stereocenters. The third kappa shape index (κ3) is 2.27. The van der Waals surface area contributed by atoms with Gasteiger partial charge in [0.05, 0.1) is 16.8 Å². The Labute approximate surface area is 119 Å². The van der Waals surface area contributed by atoms with E-state index < -0.39 is 0 Å². The number of carbonyl (C=O) groups excluding carboxylic acids is 1. The quantitative estimate of drug-likeness (QED) is 0.782. The number of fused-ring (bicyclic) bond motifs is 1. The van der Waals surface area contributed by atoms with E-state index in [9.17, 15) is 9.18 Å². The molecule has 0 bridgehead atoms. The van der Waals surface area contributed by atoms with Gasteiger partial charge in [0.25, 0.3) is 5.91 Å². The first-order valence-electron chi connectivity index (χ1n) is 6.50. The molecule has 2 aromatic rings. The zero-order chi connectivity index (χ0) is 14.1. The van der Waals surface area contributed by atoms with Crippen LogP contribution >= 0.6 is 11.3 Å². The molecule has 0 N–H and O–H groups in total. The molecule has 1 amide bonds. The molecule has 20 heavy (non-hydrogen) atoms. The van der Waals surface area contributed by atoms with Gasteiger partial charge < -0.3 is 4.57 Å². The molecule has 0 radical (unpaired) electrons. The first-order valence-corrected chi connectivity index (χ1v) is 7.31. The van der Waals surface area contributed by atoms with Crippen molar-refractivity contribution in [2.24, 2.45) is 10.9 Å². The number of hydrogen-bond donors (Lipinski definition) is 0. The van der Waals surface area contributed by atoms with Crippen molar-refractivity contribution in [3.8, 4) is 12.3 Å². The topological polar surface area (TPSA) is 34.4 Å². The summed E-state index contributed by atoms with van der Waals surface area (Å²) in [4.78, 5) is 16.7. The summed E-state index contributed by atoms with van der Waals surface area (Å²) in [6.07, 6.45) is 8.29. The van der Waals surface area contributed by atoms with Crippen molar-refractivity contribution in [1.29, 1.82) is 0 Å². The number of rotatable bonds is 2. The summed E-state index contributed by atoms with van der Waals surface area (Å²) >= 11 is 1.30. The van der Waals surface area contributed by atoms with Crippen LogP contribution in [0.2, 0.25) is 0 Å². The van der Waals surface area contributed by atoms with Crippen LogP contribution in [0, 0.1) is 24.1 Å². The Morgan fingerprint density at radius 3 is 3.00 bits per heavy atom. The Hall–Kier alpha value is -1.93. The maximum Gasteiger partial charge on any atom is 0.251 e. The molecular formula is C15H13FN2OS. The third-order valence-corrected chi connectivity index (χ3v) is 4.60. The minimum Gasteiger partial charge on any atom is -0.305 e. The van der Waals surface area contributed by atoms with E-state index in [1.165, 1.54) is 23.5 Å². The molecule has 0 aliphatic heterocycles. The minimum atomic E-state index is -0.302. The molecule has 1 fully saturated rings. The number of benzene rings is 1. The summed E-state index contributed by atoms with van der Waals surface area (Å²) in [7, 11) is 0. The van der Waals surface area contributed by atoms with E-state index in [1.807, 2.05) is 0 Å². The SMILES string of the molecule is C#CCn1c(=NC(=O)C2CCC2)sc2cc(F)ccc21. The van der Waals surface area contributed by atoms with Gasteiger partial charge in [-0.25, -0.2) is 4.39 Å². The second-order valence-corrected chi connectivity index (χ2v) is 5.87. The molecule has 102 valence electrons. The van der Waals surface area contributed by atoms with Crippen LogP contribution in [0.15, 0.2) is 23.2 Å². The largest absolute Gasteiger partial charge is 0.305 e. The number of thiazole rings is 1. The molecular weight excluding hydrogens is 275 g/mol. The zero-order valence-electron chi connectivity index (χ0n) is 10.8. The highest BCUT2D eigenvalue weighted by atomic mass is 32.1. The molecule has 5 heteroatoms. The Morgan fingerprint density at radius 1 is 1.55 bits per heavy atom. The highest BCUT2D eigenvalue weighted by Gasteiger charge is 2.25. The smallest absolute Gasteiger partial charge is 0.251 e. The van der Waals surface area contributed by atoms with Gasteiger partial charge >= 0.3 is 0 Å². The van der Waals surface area contributed by atoms with Gasteiger partial charge in [-0.15, -0.1) is 6.42 Å². The maximum absolute atomic E-state index is 13.3. The van der Waals surface area contributed by atoms with Crippen molar-refractivity contribution in [2.45, 2.75) is 25.8 Å². The molecule has 1 heterocycles. The predicted molar refractivity (Wildman–Crippen MR) is 76.5 cm³/mol. The molecule has 1 aromatic heterocycles. The maximum atomic E-state index is 13.3. The summed E-state index contributed by atoms with van der Waals surface area (Å²) in [5.41, 5.74) is 0.814. The van der Waals surface area contributed by atoms with Gasteiger partial charge in [0.1, 0.15) is 5.82 Å². The summed E-state index contributed by atoms with van der Waals surface area (Å²) in [6.45, 7) is 0.322. The van der Waals surface area contributed by atoms with Crippen LogP contribution in [0.5, 0.6) is 0 Å². The fourth-order valence-corrected chi connectivity index (χ4v) is 3.28. The third-order valence-electron chi connectivity index (χ3n) is 3.55. The van der Waals surface area contributed by atoms with Crippen molar-refractivity contribution < 1.29 is 9.18 Å². The Balaban J connectivity index is 2.13. The fourth-order valence-electron chi connectivity index (χ4n) is 2.22. The van der Waals surface area contributed by atoms with Gasteiger partial charge in [0, 0.05) is 5.92 Å². The lowest BCUT2D eigenvalue weighted by Gasteiger charge is -2.20. The number of halogens is 1. The number of aromatic nitrogens is 1. The zero-order valence-corrected chi connectivity index (χ0v) is 11.6. The Morgan fingerprint density at radius 2 is 2.35 bits per heavy atom. The van der Waals surface area contributed by atoms with Crippen molar-refractivity contribution >= 4 is 27.5 Å². The summed E-state index contributed by atoms with van der Waals surface area (Å²) < 4.78 is 15.8. The molecule has 1 aliphatic rings. The normalized spacial score (nSPS) is 16.1. The highest BCUT2D eigenvalue weighted by Crippen LogP contribution is 2.27. The summed E-state index contributed by atoms with van der Waals surface area (Å²) in [6, 6.07) is 4.50. The van der Waals surface area contributed by atoms with Crippen LogP contribution in [0.25, 0.3) is 10.2 Å². The Bertz CT molecular complexity index is 777. The molecule has 3 rings (SSSR count). The lowest BCUT2D eigenvalue weighted by Crippen LogP contribution is -2.24. The van der Waals surface area contributed by atoms with Crippen LogP contribution in [0.1, 0.15) is 19.3 Å². The molecule has 3 nitrogen and oxygen atoms in total. The predicted octanol–water partition coefficient (Wildman–Crippen LogP) is 2.70. The minimum absolute atomic E-state index is 0.0521. The molecule has 0 saturated heterocycles. The van der Waals surface area contributed by atoms with Crippen LogP contribution in [-0.4, -0.2) is 10.5 Å². The van der Waals surface area contributed by atoms with Crippen LogP contribution in [-0.2, 0) is 11.3 Å². The van der Waals surface area contributed by atoms with E-state index in [-0.39, 0.29) is 17.6 Å². The van der Waals surface area contributed by atoms with Crippen LogP contribution < -0.4 is 4.80 Å². The van der Waals surface area contributed by atoms with Gasteiger partial charge in [-0.3, -0.25) is 4.79 Å². The molecule has 1 aromatic carbocycles. The lowest BCUT2D eigenvalue weighted by atomic mass is 9.85. The van der Waals surface area contributed by atoms with Gasteiger partial charge in [-0.1, -0.05) is 23.7 Å². The lowest BCUT2D eigenvalue weighted by molar-refractivity contribution is -0.124. The number of terminal acetylenes is 1. The van der Waals surface area contributed by atoms with Gasteiger partial charge in [-0.05, 0) is 31.0 Å². The van der Waals surface area contributed by atoms with Crippen molar-refractivity contribution in [3.05, 3.63) is 28.8 Å². The van der Waals surface area contributed by atoms with Crippen LogP contribution in [0.3, 0.4) is 0 Å². The van der Waals surface area contributed by atoms with E-state index >= 15 is 0 Å². The first-order chi connectivity index (χ1) is 9.69. The highest BCUT2D eigenvalue weighted by molar-refractivity contribution is 7.16. The van der Waals surface area contributed by atoms with Crippen molar-refractivity contribution in [3.63, 3.8) is 0 Å². The Kier molecular flexibility index (Phi) is 3.41. The molecule has 0 atom stereocenters. The van der Waals surface area contributed by atoms with E-state index in [0.717, 1.165) is 29.5 Å². The van der Waals surface area contributed by atoms with Gasteiger partial charge in [-0.2, -0.15) is 4.99 Å². The number of carbonyl (C=O) groups is 1. The van der Waals surface area contributed by atoms with E-state index in [0.29, 0.717) is 11.3 Å². The van der Waals surface area contributed by atoms with E-state index in [2.05, 4.69) is 10.9 Å². The van der Waals surface area contributed by atoms with E-state index in [4.69, 9.17) is 6.42 Å². The number of nitrogens with zero attached hydrogens (tertiary/aromatic N) is 2. The molecule has 0 spiro atoms. The van der Waals surface area contributed by atoms with Gasteiger partial charge in [0.15, 0.2) is 4.80 Å². The standard InChI is InChI=1S/C15H13FN2OS/c1-2-8-18-12-7-6-11(16)9-13(12)20-15(18)17-14(19)10-4-3-5-10/h1,6-7,9-10H,3-5,8H2. The summed E-state index contributed by atoms with van der Waals surface area (Å²) in [5, 5.41) is 0. The average Bonchev–Trinajstić information content (AvgIpc) is 2.64. The number of amides is 1.